The first-order chi connectivity index (χ1) is 13.8. The maximum absolute atomic E-state index is 10.4. The fourth-order valence-corrected chi connectivity index (χ4v) is 3.10. The van der Waals surface area contributed by atoms with E-state index < -0.39 is 5.97 Å². The van der Waals surface area contributed by atoms with Crippen LogP contribution in [0, 0.1) is 0 Å². The molecule has 0 aliphatic carbocycles. The second kappa shape index (κ2) is 23.3. The van der Waals surface area contributed by atoms with Gasteiger partial charge in [-0.2, -0.15) is 11.8 Å². The summed E-state index contributed by atoms with van der Waals surface area (Å²) < 4.78 is 0. The molecule has 0 aliphatic heterocycles. The summed E-state index contributed by atoms with van der Waals surface area (Å²) in [4.78, 5) is 10.4. The number of aliphatic carboxylic acids is 1. The summed E-state index contributed by atoms with van der Waals surface area (Å²) in [6.07, 6.45) is 35.1. The van der Waals surface area contributed by atoms with Gasteiger partial charge in [-0.25, -0.2) is 0 Å². The third kappa shape index (κ3) is 24.3. The fraction of sp³-hybridized carbons (Fsp3) is 0.480. The second-order valence-electron chi connectivity index (χ2n) is 6.31. The summed E-state index contributed by atoms with van der Waals surface area (Å²) in [5.41, 5.74) is 0. The van der Waals surface area contributed by atoms with E-state index in [4.69, 9.17) is 5.11 Å². The Hall–Kier alpha value is -1.74. The van der Waals surface area contributed by atoms with E-state index in [-0.39, 0.29) is 6.42 Å². The minimum Gasteiger partial charge on any atom is -0.481 e. The molecule has 0 aromatic rings. The van der Waals surface area contributed by atoms with Crippen molar-refractivity contribution in [3.8, 4) is 0 Å². The lowest BCUT2D eigenvalue weighted by atomic mass is 10.2. The zero-order valence-electron chi connectivity index (χ0n) is 17.5. The molecule has 1 N–H and O–H groups in total. The summed E-state index contributed by atoms with van der Waals surface area (Å²) in [5, 5.41) is 8.54. The topological polar surface area (TPSA) is 37.3 Å². The van der Waals surface area contributed by atoms with Crippen LogP contribution in [0.15, 0.2) is 72.9 Å². The average Bonchev–Trinajstić information content (AvgIpc) is 2.68. The molecule has 0 radical (unpaired) electrons. The van der Waals surface area contributed by atoms with Gasteiger partial charge in [0.1, 0.15) is 0 Å². The molecule has 0 spiro atoms. The third-order valence-electron chi connectivity index (χ3n) is 3.72. The molecule has 28 heavy (non-hydrogen) atoms. The lowest BCUT2D eigenvalue weighted by Gasteiger charge is -1.96. The minimum absolute atomic E-state index is 0.268. The van der Waals surface area contributed by atoms with Crippen molar-refractivity contribution >= 4 is 17.7 Å². The van der Waals surface area contributed by atoms with Crippen molar-refractivity contribution in [2.45, 2.75) is 64.7 Å². The summed E-state index contributed by atoms with van der Waals surface area (Å²) in [5.74, 6) is 1.06. The van der Waals surface area contributed by atoms with Gasteiger partial charge in [0, 0.05) is 5.75 Å². The Bertz CT molecular complexity index is 525. The molecule has 156 valence electrons. The Morgan fingerprint density at radius 1 is 0.679 bits per heavy atom. The Morgan fingerprint density at radius 2 is 1.11 bits per heavy atom. The van der Waals surface area contributed by atoms with Crippen LogP contribution in [-0.4, -0.2) is 22.6 Å². The molecule has 0 aromatic heterocycles. The zero-order valence-corrected chi connectivity index (χ0v) is 18.3. The normalized spacial score (nSPS) is 12.9. The number of carboxylic acids is 1. The quantitative estimate of drug-likeness (QED) is 0.189. The number of thioether (sulfide) groups is 1. The van der Waals surface area contributed by atoms with Gasteiger partial charge in [0.05, 0.1) is 6.42 Å². The highest BCUT2D eigenvalue weighted by atomic mass is 32.2. The summed E-state index contributed by atoms with van der Waals surface area (Å²) >= 11 is 1.72. The molecule has 0 amide bonds. The number of carboxylic acid groups (broad SMARTS) is 1. The van der Waals surface area contributed by atoms with Gasteiger partial charge >= 0.3 is 5.97 Å². The highest BCUT2D eigenvalue weighted by molar-refractivity contribution is 7.99. The maximum atomic E-state index is 10.4. The van der Waals surface area contributed by atoms with Crippen molar-refractivity contribution in [2.24, 2.45) is 0 Å². The SMILES string of the molecule is CC/C=C\C/C=C\C/C=C\C/C=C\C/C=C\C/C=C\CCCSCCC(=O)O. The van der Waals surface area contributed by atoms with E-state index in [0.717, 1.165) is 62.9 Å². The van der Waals surface area contributed by atoms with Gasteiger partial charge in [-0.15, -0.1) is 0 Å². The molecule has 0 heterocycles. The second-order valence-corrected chi connectivity index (χ2v) is 7.54. The van der Waals surface area contributed by atoms with Crippen molar-refractivity contribution in [1.82, 2.24) is 0 Å². The lowest BCUT2D eigenvalue weighted by Crippen LogP contribution is -1.96. The van der Waals surface area contributed by atoms with Crippen LogP contribution in [0.4, 0.5) is 0 Å². The van der Waals surface area contributed by atoms with Crippen molar-refractivity contribution in [3.63, 3.8) is 0 Å². The fourth-order valence-electron chi connectivity index (χ4n) is 2.20. The lowest BCUT2D eigenvalue weighted by molar-refractivity contribution is -0.136. The van der Waals surface area contributed by atoms with Crippen molar-refractivity contribution < 1.29 is 9.90 Å². The van der Waals surface area contributed by atoms with E-state index in [1.807, 2.05) is 0 Å². The maximum Gasteiger partial charge on any atom is 0.304 e. The van der Waals surface area contributed by atoms with Crippen molar-refractivity contribution in [1.29, 1.82) is 0 Å². The number of allylic oxidation sites excluding steroid dienone is 12. The van der Waals surface area contributed by atoms with Gasteiger partial charge in [-0.1, -0.05) is 79.8 Å². The predicted molar refractivity (Wildman–Crippen MR) is 127 cm³/mol. The summed E-state index contributed by atoms with van der Waals surface area (Å²) in [7, 11) is 0. The molecule has 2 nitrogen and oxygen atoms in total. The predicted octanol–water partition coefficient (Wildman–Crippen LogP) is 7.67. The van der Waals surface area contributed by atoms with Crippen molar-refractivity contribution in [3.05, 3.63) is 72.9 Å². The number of unbranched alkanes of at least 4 members (excludes halogenated alkanes) is 1. The molecule has 0 bridgehead atoms. The van der Waals surface area contributed by atoms with Crippen LogP contribution >= 0.6 is 11.8 Å². The van der Waals surface area contributed by atoms with Gasteiger partial charge in [-0.05, 0) is 57.1 Å². The van der Waals surface area contributed by atoms with Crippen LogP contribution < -0.4 is 0 Å². The average molecular weight is 403 g/mol. The number of carbonyl (C=O) groups is 1. The van der Waals surface area contributed by atoms with Crippen LogP contribution in [0.25, 0.3) is 0 Å². The molecule has 0 rings (SSSR count). The first-order valence-corrected chi connectivity index (χ1v) is 11.6. The van der Waals surface area contributed by atoms with Crippen molar-refractivity contribution in [2.75, 3.05) is 11.5 Å². The minimum atomic E-state index is -0.704. The smallest absolute Gasteiger partial charge is 0.304 e. The third-order valence-corrected chi connectivity index (χ3v) is 4.79. The Balaban J connectivity index is 3.45. The molecule has 0 aromatic carbocycles. The molecule has 0 fully saturated rings. The summed E-state index contributed by atoms with van der Waals surface area (Å²) in [6.45, 7) is 2.15. The van der Waals surface area contributed by atoms with Gasteiger partial charge in [0.15, 0.2) is 0 Å². The Kier molecular flexibility index (Phi) is 21.9. The molecule has 0 unspecified atom stereocenters. The van der Waals surface area contributed by atoms with Crippen LogP contribution in [0.2, 0.25) is 0 Å². The number of rotatable bonds is 18. The molecular weight excluding hydrogens is 364 g/mol. The Morgan fingerprint density at radius 3 is 1.54 bits per heavy atom. The number of hydrogen-bond donors (Lipinski definition) is 1. The van der Waals surface area contributed by atoms with Gasteiger partial charge in [0.2, 0.25) is 0 Å². The van der Waals surface area contributed by atoms with Gasteiger partial charge in [0.25, 0.3) is 0 Å². The highest BCUT2D eigenvalue weighted by Crippen LogP contribution is 2.07. The standard InChI is InChI=1S/C25H38O2S/c1-2-3-4-5-6-7-8-9-10-11-12-13-14-15-16-17-18-19-20-21-23-28-24-22-25(26)27/h3-4,6-7,9-10,12-13,15-16,18-19H,2,5,8,11,14,17,20-24H2,1H3,(H,26,27)/b4-3-,7-6-,10-9-,13-12-,16-15-,19-18-. The van der Waals surface area contributed by atoms with Gasteiger partial charge < -0.3 is 5.11 Å². The molecule has 0 atom stereocenters. The molecular formula is C25H38O2S. The van der Waals surface area contributed by atoms with E-state index in [1.165, 1.54) is 0 Å². The molecule has 0 saturated carbocycles. The zero-order chi connectivity index (χ0) is 20.5. The van der Waals surface area contributed by atoms with Crippen LogP contribution in [0.3, 0.4) is 0 Å². The highest BCUT2D eigenvalue weighted by Gasteiger charge is 1.95. The van der Waals surface area contributed by atoms with Crippen LogP contribution in [0.5, 0.6) is 0 Å². The number of hydrogen-bond acceptors (Lipinski definition) is 2. The van der Waals surface area contributed by atoms with E-state index in [9.17, 15) is 4.79 Å². The van der Waals surface area contributed by atoms with E-state index in [0.29, 0.717) is 0 Å². The van der Waals surface area contributed by atoms with Crippen LogP contribution in [0.1, 0.15) is 64.7 Å². The van der Waals surface area contributed by atoms with Crippen LogP contribution in [-0.2, 0) is 4.79 Å². The molecule has 0 aliphatic rings. The first-order valence-electron chi connectivity index (χ1n) is 10.5. The Labute approximate surface area is 176 Å². The molecule has 0 saturated heterocycles. The summed E-state index contributed by atoms with van der Waals surface area (Å²) in [6, 6.07) is 0. The largest absolute Gasteiger partial charge is 0.481 e. The van der Waals surface area contributed by atoms with E-state index in [1.54, 1.807) is 11.8 Å². The van der Waals surface area contributed by atoms with E-state index in [2.05, 4.69) is 79.8 Å². The van der Waals surface area contributed by atoms with Gasteiger partial charge in [-0.3, -0.25) is 4.79 Å². The van der Waals surface area contributed by atoms with E-state index >= 15 is 0 Å². The molecule has 3 heteroatoms. The monoisotopic (exact) mass is 402 g/mol. The first kappa shape index (κ1) is 26.3.